The van der Waals surface area contributed by atoms with Gasteiger partial charge in [-0.05, 0) is 24.3 Å². The number of carbonyl (C=O) groups is 2. The summed E-state index contributed by atoms with van der Waals surface area (Å²) in [6.45, 7) is 1.49. The maximum atomic E-state index is 12.2. The number of hydrogen-bond acceptors (Lipinski definition) is 4. The van der Waals surface area contributed by atoms with Crippen molar-refractivity contribution in [3.8, 4) is 5.75 Å². The largest absolute Gasteiger partial charge is 0.482 e. The molecule has 0 radical (unpaired) electrons. The molecule has 2 aromatic rings. The summed E-state index contributed by atoms with van der Waals surface area (Å²) in [5.41, 5.74) is 0.334. The molecule has 0 unspecified atom stereocenters. The second-order valence-corrected chi connectivity index (χ2v) is 5.53. The van der Waals surface area contributed by atoms with Crippen molar-refractivity contribution >= 4 is 22.6 Å². The SMILES string of the molecule is COC(=O)c1ccc2ccccc2c1OCC(=O)N1CCCC1. The number of likely N-dealkylation sites (tertiary alicyclic amines) is 1. The molecular formula is C18H19NO4. The molecule has 23 heavy (non-hydrogen) atoms. The number of carbonyl (C=O) groups excluding carboxylic acids is 2. The first-order chi connectivity index (χ1) is 11.2. The number of fused-ring (bicyclic) bond motifs is 1. The highest BCUT2D eigenvalue weighted by atomic mass is 16.5. The average molecular weight is 313 g/mol. The van der Waals surface area contributed by atoms with Crippen LogP contribution >= 0.6 is 0 Å². The highest BCUT2D eigenvalue weighted by Crippen LogP contribution is 2.30. The Bertz CT molecular complexity index is 735. The van der Waals surface area contributed by atoms with Gasteiger partial charge in [0.1, 0.15) is 11.3 Å². The lowest BCUT2D eigenvalue weighted by Crippen LogP contribution is -2.32. The first-order valence-electron chi connectivity index (χ1n) is 7.71. The van der Waals surface area contributed by atoms with Crippen molar-refractivity contribution in [3.05, 3.63) is 42.0 Å². The van der Waals surface area contributed by atoms with Gasteiger partial charge in [-0.3, -0.25) is 4.79 Å². The molecule has 3 rings (SSSR count). The van der Waals surface area contributed by atoms with Gasteiger partial charge in [-0.2, -0.15) is 0 Å². The molecule has 0 aliphatic carbocycles. The average Bonchev–Trinajstić information content (AvgIpc) is 3.13. The molecule has 5 nitrogen and oxygen atoms in total. The van der Waals surface area contributed by atoms with E-state index in [1.807, 2.05) is 30.3 Å². The van der Waals surface area contributed by atoms with Crippen molar-refractivity contribution < 1.29 is 19.1 Å². The van der Waals surface area contributed by atoms with E-state index < -0.39 is 5.97 Å². The summed E-state index contributed by atoms with van der Waals surface area (Å²) in [5.74, 6) is -0.117. The summed E-state index contributed by atoms with van der Waals surface area (Å²) < 4.78 is 10.6. The van der Waals surface area contributed by atoms with Crippen LogP contribution in [0.15, 0.2) is 36.4 Å². The smallest absolute Gasteiger partial charge is 0.341 e. The molecule has 0 aromatic heterocycles. The van der Waals surface area contributed by atoms with E-state index in [1.54, 1.807) is 11.0 Å². The third kappa shape index (κ3) is 3.13. The molecule has 1 fully saturated rings. The molecule has 0 atom stereocenters. The van der Waals surface area contributed by atoms with Gasteiger partial charge in [-0.15, -0.1) is 0 Å². The van der Waals surface area contributed by atoms with E-state index in [0.717, 1.165) is 36.7 Å². The zero-order valence-corrected chi connectivity index (χ0v) is 13.1. The quantitative estimate of drug-likeness (QED) is 0.814. The summed E-state index contributed by atoms with van der Waals surface area (Å²) in [6.07, 6.45) is 2.07. The number of nitrogens with zero attached hydrogens (tertiary/aromatic N) is 1. The predicted molar refractivity (Wildman–Crippen MR) is 86.6 cm³/mol. The van der Waals surface area contributed by atoms with Crippen molar-refractivity contribution in [3.63, 3.8) is 0 Å². The third-order valence-electron chi connectivity index (χ3n) is 4.08. The minimum absolute atomic E-state index is 0.0498. The number of methoxy groups -OCH3 is 1. The lowest BCUT2D eigenvalue weighted by molar-refractivity contribution is -0.132. The predicted octanol–water partition coefficient (Wildman–Crippen LogP) is 2.63. The second-order valence-electron chi connectivity index (χ2n) is 5.53. The molecule has 5 heteroatoms. The van der Waals surface area contributed by atoms with Gasteiger partial charge in [-0.1, -0.05) is 30.3 Å². The van der Waals surface area contributed by atoms with Crippen molar-refractivity contribution in [2.75, 3.05) is 26.8 Å². The van der Waals surface area contributed by atoms with Crippen LogP contribution in [0.25, 0.3) is 10.8 Å². The Morgan fingerprint density at radius 2 is 1.83 bits per heavy atom. The van der Waals surface area contributed by atoms with Crippen LogP contribution in [0, 0.1) is 0 Å². The van der Waals surface area contributed by atoms with E-state index in [0.29, 0.717) is 11.3 Å². The van der Waals surface area contributed by atoms with Crippen molar-refractivity contribution in [2.45, 2.75) is 12.8 Å². The van der Waals surface area contributed by atoms with Crippen molar-refractivity contribution in [2.24, 2.45) is 0 Å². The highest BCUT2D eigenvalue weighted by Gasteiger charge is 2.21. The third-order valence-corrected chi connectivity index (χ3v) is 4.08. The van der Waals surface area contributed by atoms with Crippen molar-refractivity contribution in [1.29, 1.82) is 0 Å². The molecule has 0 saturated carbocycles. The van der Waals surface area contributed by atoms with Gasteiger partial charge < -0.3 is 14.4 Å². The highest BCUT2D eigenvalue weighted by molar-refractivity contribution is 6.01. The molecule has 1 aliphatic heterocycles. The summed E-state index contributed by atoms with van der Waals surface area (Å²) in [5, 5.41) is 1.74. The molecule has 1 saturated heterocycles. The van der Waals surface area contributed by atoms with Gasteiger partial charge in [0.05, 0.1) is 7.11 Å². The standard InChI is InChI=1S/C18H19NO4/c1-22-18(21)15-9-8-13-6-2-3-7-14(13)17(15)23-12-16(20)19-10-4-5-11-19/h2-3,6-9H,4-5,10-12H2,1H3. The van der Waals surface area contributed by atoms with Crippen LogP contribution < -0.4 is 4.74 Å². The molecular weight excluding hydrogens is 294 g/mol. The number of ether oxygens (including phenoxy) is 2. The minimum Gasteiger partial charge on any atom is -0.482 e. The molecule has 1 amide bonds. The lowest BCUT2D eigenvalue weighted by atomic mass is 10.1. The van der Waals surface area contributed by atoms with Gasteiger partial charge in [0, 0.05) is 18.5 Å². The number of rotatable bonds is 4. The number of amides is 1. The molecule has 0 spiro atoms. The van der Waals surface area contributed by atoms with Crippen LogP contribution in [-0.2, 0) is 9.53 Å². The number of benzene rings is 2. The van der Waals surface area contributed by atoms with E-state index in [1.165, 1.54) is 7.11 Å². The zero-order valence-electron chi connectivity index (χ0n) is 13.1. The van der Waals surface area contributed by atoms with E-state index in [-0.39, 0.29) is 12.5 Å². The Hall–Kier alpha value is -2.56. The fourth-order valence-electron chi connectivity index (χ4n) is 2.86. The number of esters is 1. The zero-order chi connectivity index (χ0) is 16.2. The first kappa shape index (κ1) is 15.3. The summed E-state index contributed by atoms with van der Waals surface area (Å²) in [4.78, 5) is 26.0. The monoisotopic (exact) mass is 313 g/mol. The normalized spacial score (nSPS) is 14.0. The molecule has 1 heterocycles. The Kier molecular flexibility index (Phi) is 4.46. The molecule has 1 aliphatic rings. The molecule has 120 valence electrons. The summed E-state index contributed by atoms with van der Waals surface area (Å²) in [7, 11) is 1.33. The van der Waals surface area contributed by atoms with Crippen LogP contribution in [0.5, 0.6) is 5.75 Å². The Morgan fingerprint density at radius 1 is 1.09 bits per heavy atom. The minimum atomic E-state index is -0.473. The van der Waals surface area contributed by atoms with Crippen LogP contribution in [0.2, 0.25) is 0 Å². The Labute approximate surface area is 134 Å². The van der Waals surface area contributed by atoms with Crippen LogP contribution in [0.1, 0.15) is 23.2 Å². The van der Waals surface area contributed by atoms with E-state index in [2.05, 4.69) is 0 Å². The second kappa shape index (κ2) is 6.69. The van der Waals surface area contributed by atoms with E-state index >= 15 is 0 Å². The topological polar surface area (TPSA) is 55.8 Å². The van der Waals surface area contributed by atoms with Gasteiger partial charge in [-0.25, -0.2) is 4.79 Å². The van der Waals surface area contributed by atoms with E-state index in [9.17, 15) is 9.59 Å². The lowest BCUT2D eigenvalue weighted by Gasteiger charge is -2.17. The first-order valence-corrected chi connectivity index (χ1v) is 7.71. The van der Waals surface area contributed by atoms with Gasteiger partial charge >= 0.3 is 5.97 Å². The summed E-state index contributed by atoms with van der Waals surface area (Å²) >= 11 is 0. The maximum Gasteiger partial charge on any atom is 0.341 e. The van der Waals surface area contributed by atoms with Crippen LogP contribution in [0.3, 0.4) is 0 Å². The maximum absolute atomic E-state index is 12.2. The fourth-order valence-corrected chi connectivity index (χ4v) is 2.86. The van der Waals surface area contributed by atoms with Gasteiger partial charge in [0.2, 0.25) is 0 Å². The summed E-state index contributed by atoms with van der Waals surface area (Å²) in [6, 6.07) is 11.1. The Balaban J connectivity index is 1.90. The molecule has 0 bridgehead atoms. The molecule has 0 N–H and O–H groups in total. The van der Waals surface area contributed by atoms with Crippen LogP contribution in [-0.4, -0.2) is 43.6 Å². The fraction of sp³-hybridized carbons (Fsp3) is 0.333. The van der Waals surface area contributed by atoms with Crippen molar-refractivity contribution in [1.82, 2.24) is 4.90 Å². The molecule has 2 aromatic carbocycles. The van der Waals surface area contributed by atoms with Gasteiger partial charge in [0.15, 0.2) is 6.61 Å². The number of hydrogen-bond donors (Lipinski definition) is 0. The van der Waals surface area contributed by atoms with E-state index in [4.69, 9.17) is 9.47 Å². The van der Waals surface area contributed by atoms with Gasteiger partial charge in [0.25, 0.3) is 5.91 Å². The Morgan fingerprint density at radius 3 is 2.57 bits per heavy atom. The van der Waals surface area contributed by atoms with Crippen LogP contribution in [0.4, 0.5) is 0 Å².